The first kappa shape index (κ1) is 13.7. The van der Waals surface area contributed by atoms with E-state index in [0.717, 1.165) is 17.8 Å². The van der Waals surface area contributed by atoms with Crippen LogP contribution in [0.15, 0.2) is 11.1 Å². The quantitative estimate of drug-likeness (QED) is 0.540. The van der Waals surface area contributed by atoms with E-state index in [0.29, 0.717) is 0 Å². The highest BCUT2D eigenvalue weighted by Crippen LogP contribution is 2.30. The van der Waals surface area contributed by atoms with Crippen molar-refractivity contribution in [3.63, 3.8) is 0 Å². The van der Waals surface area contributed by atoms with Gasteiger partial charge >= 0.3 is 0 Å². The van der Waals surface area contributed by atoms with Crippen LogP contribution in [0.25, 0.3) is 0 Å². The first-order valence-electron chi connectivity index (χ1n) is 6.08. The molecule has 0 spiro atoms. The monoisotopic (exact) mass is 196 g/mol. The molecule has 0 fully saturated rings. The van der Waals surface area contributed by atoms with Gasteiger partial charge in [0.2, 0.25) is 0 Å². The fourth-order valence-electron chi connectivity index (χ4n) is 2.10. The molecular formula is C14H28. The maximum atomic E-state index is 2.39. The summed E-state index contributed by atoms with van der Waals surface area (Å²) < 4.78 is 0. The van der Waals surface area contributed by atoms with Gasteiger partial charge in [0.1, 0.15) is 0 Å². The third-order valence-corrected chi connectivity index (χ3v) is 3.55. The second-order valence-corrected chi connectivity index (χ2v) is 5.17. The molecule has 0 N–H and O–H groups in total. The van der Waals surface area contributed by atoms with Crippen molar-refractivity contribution in [2.45, 2.75) is 61.3 Å². The average molecular weight is 196 g/mol. The van der Waals surface area contributed by atoms with Crippen LogP contribution in [0.3, 0.4) is 0 Å². The molecule has 0 saturated heterocycles. The molecular weight excluding hydrogens is 168 g/mol. The van der Waals surface area contributed by atoms with Gasteiger partial charge in [0.25, 0.3) is 0 Å². The summed E-state index contributed by atoms with van der Waals surface area (Å²) in [5.74, 6) is 2.34. The van der Waals surface area contributed by atoms with Crippen LogP contribution in [-0.2, 0) is 0 Å². The number of allylic oxidation sites excluding steroid dienone is 2. The molecule has 0 aliphatic rings. The van der Waals surface area contributed by atoms with E-state index in [4.69, 9.17) is 0 Å². The summed E-state index contributed by atoms with van der Waals surface area (Å²) >= 11 is 0. The lowest BCUT2D eigenvalue weighted by Crippen LogP contribution is -2.17. The largest absolute Gasteiger partial charge is 0.0770 e. The van der Waals surface area contributed by atoms with Crippen molar-refractivity contribution >= 4 is 0 Å². The molecule has 0 aliphatic heterocycles. The molecule has 84 valence electrons. The number of hydrogen-bond donors (Lipinski definition) is 0. The molecule has 2 atom stereocenters. The third-order valence-electron chi connectivity index (χ3n) is 3.55. The summed E-state index contributed by atoms with van der Waals surface area (Å²) in [6.45, 7) is 16.2. The molecule has 0 aromatic carbocycles. The highest BCUT2D eigenvalue weighted by Gasteiger charge is 2.19. The maximum absolute atomic E-state index is 2.39. The smallest absolute Gasteiger partial charge is 0.0201 e. The van der Waals surface area contributed by atoms with E-state index >= 15 is 0 Å². The Labute approximate surface area is 90.8 Å². The Hall–Kier alpha value is -0.260. The van der Waals surface area contributed by atoms with E-state index in [9.17, 15) is 0 Å². The van der Waals surface area contributed by atoms with Crippen LogP contribution in [0.1, 0.15) is 61.3 Å². The normalized spacial score (nSPS) is 15.4. The van der Waals surface area contributed by atoms with Gasteiger partial charge < -0.3 is 0 Å². The van der Waals surface area contributed by atoms with Gasteiger partial charge in [-0.1, -0.05) is 52.2 Å². The number of hydrogen-bond acceptors (Lipinski definition) is 0. The van der Waals surface area contributed by atoms with Gasteiger partial charge in [0.15, 0.2) is 0 Å². The van der Waals surface area contributed by atoms with Crippen LogP contribution < -0.4 is 0 Å². The van der Waals surface area contributed by atoms with Gasteiger partial charge in [-0.2, -0.15) is 0 Å². The lowest BCUT2D eigenvalue weighted by Gasteiger charge is -2.27. The zero-order chi connectivity index (χ0) is 11.3. The molecule has 2 unspecified atom stereocenters. The van der Waals surface area contributed by atoms with Crippen molar-refractivity contribution in [1.82, 2.24) is 0 Å². The lowest BCUT2D eigenvalue weighted by atomic mass is 9.79. The molecule has 0 amide bonds. The van der Waals surface area contributed by atoms with Crippen molar-refractivity contribution in [2.75, 3.05) is 0 Å². The first-order valence-corrected chi connectivity index (χ1v) is 6.08. The van der Waals surface area contributed by atoms with Crippen LogP contribution >= 0.6 is 0 Å². The summed E-state index contributed by atoms with van der Waals surface area (Å²) in [7, 11) is 0. The van der Waals surface area contributed by atoms with Crippen LogP contribution in [0.4, 0.5) is 0 Å². The summed E-state index contributed by atoms with van der Waals surface area (Å²) in [4.78, 5) is 0. The molecule has 0 aliphatic carbocycles. The third kappa shape index (κ3) is 3.86. The predicted molar refractivity (Wildman–Crippen MR) is 66.4 cm³/mol. The maximum Gasteiger partial charge on any atom is -0.0201 e. The fourth-order valence-corrected chi connectivity index (χ4v) is 2.10. The molecule has 0 aromatic heterocycles. The first-order chi connectivity index (χ1) is 6.41. The van der Waals surface area contributed by atoms with Crippen molar-refractivity contribution in [3.8, 4) is 0 Å². The van der Waals surface area contributed by atoms with E-state index < -0.39 is 0 Å². The molecule has 14 heavy (non-hydrogen) atoms. The van der Waals surface area contributed by atoms with Crippen molar-refractivity contribution in [3.05, 3.63) is 11.1 Å². The number of rotatable bonds is 5. The van der Waals surface area contributed by atoms with Gasteiger partial charge in [0, 0.05) is 0 Å². The van der Waals surface area contributed by atoms with Crippen LogP contribution in [-0.4, -0.2) is 0 Å². The van der Waals surface area contributed by atoms with E-state index in [1.807, 2.05) is 0 Å². The van der Waals surface area contributed by atoms with Gasteiger partial charge in [0.05, 0.1) is 0 Å². The van der Waals surface area contributed by atoms with Crippen molar-refractivity contribution in [1.29, 1.82) is 0 Å². The van der Waals surface area contributed by atoms with Crippen LogP contribution in [0.2, 0.25) is 0 Å². The molecule has 0 rings (SSSR count). The topological polar surface area (TPSA) is 0 Å². The van der Waals surface area contributed by atoms with E-state index in [2.05, 4.69) is 48.5 Å². The van der Waals surface area contributed by atoms with Gasteiger partial charge in [-0.25, -0.2) is 0 Å². The van der Waals surface area contributed by atoms with Crippen molar-refractivity contribution in [2.24, 2.45) is 17.8 Å². The summed E-state index contributed by atoms with van der Waals surface area (Å²) in [6.07, 6.45) is 2.55. The lowest BCUT2D eigenvalue weighted by molar-refractivity contribution is 0.323. The summed E-state index contributed by atoms with van der Waals surface area (Å²) in [6, 6.07) is 0. The molecule has 0 heteroatoms. The minimum atomic E-state index is 0.750. The Balaban J connectivity index is 4.61. The highest BCUT2D eigenvalue weighted by atomic mass is 14.2. The zero-order valence-corrected chi connectivity index (χ0v) is 11.1. The Morgan fingerprint density at radius 2 is 1.50 bits per heavy atom. The summed E-state index contributed by atoms with van der Waals surface area (Å²) in [5, 5.41) is 0. The van der Waals surface area contributed by atoms with Crippen LogP contribution in [0.5, 0.6) is 0 Å². The summed E-state index contributed by atoms with van der Waals surface area (Å²) in [5.41, 5.74) is 3.22. The minimum Gasteiger partial charge on any atom is -0.0770 e. The standard InChI is InChI=1S/C14H28/c1-8-9-14(11(4)5)13(7)12(6)10(2)3/h10,12-13H,8-9H2,1-7H3. The van der Waals surface area contributed by atoms with Crippen molar-refractivity contribution < 1.29 is 0 Å². The SMILES string of the molecule is CCCC(=C(C)C)C(C)C(C)C(C)C. The van der Waals surface area contributed by atoms with Gasteiger partial charge in [-0.05, 0) is 38.0 Å². The Bertz CT molecular complexity index is 182. The Morgan fingerprint density at radius 3 is 1.79 bits per heavy atom. The second kappa shape index (κ2) is 6.27. The average Bonchev–Trinajstić information content (AvgIpc) is 2.11. The Kier molecular flexibility index (Phi) is 6.15. The highest BCUT2D eigenvalue weighted by molar-refractivity contribution is 5.13. The molecule has 0 aromatic rings. The van der Waals surface area contributed by atoms with Gasteiger partial charge in [-0.15, -0.1) is 0 Å². The van der Waals surface area contributed by atoms with E-state index in [1.165, 1.54) is 18.4 Å². The molecule has 0 heterocycles. The van der Waals surface area contributed by atoms with Crippen LogP contribution in [0, 0.1) is 17.8 Å². The molecule has 0 nitrogen and oxygen atoms in total. The minimum absolute atomic E-state index is 0.750. The van der Waals surface area contributed by atoms with E-state index in [-0.39, 0.29) is 0 Å². The van der Waals surface area contributed by atoms with Gasteiger partial charge in [-0.3, -0.25) is 0 Å². The Morgan fingerprint density at radius 1 is 1.00 bits per heavy atom. The second-order valence-electron chi connectivity index (χ2n) is 5.17. The van der Waals surface area contributed by atoms with E-state index in [1.54, 1.807) is 5.57 Å². The predicted octanol–water partition coefficient (Wildman–Crippen LogP) is 5.05. The molecule has 0 bridgehead atoms. The molecule has 0 saturated carbocycles. The zero-order valence-electron chi connectivity index (χ0n) is 11.1. The molecule has 0 radical (unpaired) electrons. The fraction of sp³-hybridized carbons (Fsp3) is 0.857.